The van der Waals surface area contributed by atoms with E-state index in [1.807, 2.05) is 30.3 Å². The van der Waals surface area contributed by atoms with Crippen molar-refractivity contribution < 1.29 is 17.7 Å². The zero-order valence-corrected chi connectivity index (χ0v) is 17.9. The molecule has 0 spiro atoms. The summed E-state index contributed by atoms with van der Waals surface area (Å²) >= 11 is 0. The molecule has 8 nitrogen and oxygen atoms in total. The van der Waals surface area contributed by atoms with Crippen molar-refractivity contribution in [3.05, 3.63) is 60.0 Å². The van der Waals surface area contributed by atoms with Gasteiger partial charge in [-0.15, -0.1) is 0 Å². The molecule has 2 aromatic carbocycles. The summed E-state index contributed by atoms with van der Waals surface area (Å²) in [4.78, 5) is 18.7. The Bertz CT molecular complexity index is 1240. The number of amides is 1. The Balaban J connectivity index is 1.33. The van der Waals surface area contributed by atoms with Gasteiger partial charge in [0.05, 0.1) is 11.4 Å². The number of fused-ring (bicyclic) bond motifs is 1. The molecule has 1 aliphatic carbocycles. The molecule has 1 amide bonds. The first kappa shape index (κ1) is 19.9. The van der Waals surface area contributed by atoms with Gasteiger partial charge in [-0.1, -0.05) is 35.5 Å². The van der Waals surface area contributed by atoms with Crippen molar-refractivity contribution >= 4 is 21.6 Å². The average molecular weight is 439 g/mol. The van der Waals surface area contributed by atoms with E-state index < -0.39 is 10.0 Å². The fourth-order valence-corrected chi connectivity index (χ4v) is 4.97. The first-order valence-electron chi connectivity index (χ1n) is 10.2. The minimum absolute atomic E-state index is 0.0362. The molecular formula is C22H22N4O4S. The van der Waals surface area contributed by atoms with Crippen molar-refractivity contribution in [3.8, 4) is 11.4 Å². The lowest BCUT2D eigenvalue weighted by Gasteiger charge is -2.18. The molecule has 1 aromatic heterocycles. The van der Waals surface area contributed by atoms with Crippen molar-refractivity contribution in [1.29, 1.82) is 0 Å². The van der Waals surface area contributed by atoms with Crippen LogP contribution in [-0.4, -0.2) is 42.4 Å². The number of rotatable bonds is 6. The van der Waals surface area contributed by atoms with Crippen molar-refractivity contribution in [2.75, 3.05) is 18.5 Å². The minimum Gasteiger partial charge on any atom is -0.338 e. The van der Waals surface area contributed by atoms with Crippen LogP contribution in [0.15, 0.2) is 57.9 Å². The molecule has 160 valence electrons. The fraction of sp³-hybridized carbons (Fsp3) is 0.318. The second-order valence-electron chi connectivity index (χ2n) is 7.94. The number of aromatic nitrogens is 2. The number of anilines is 1. The Morgan fingerprint density at radius 1 is 1.19 bits per heavy atom. The fourth-order valence-electron chi connectivity index (χ4n) is 3.80. The first-order valence-corrected chi connectivity index (χ1v) is 11.7. The van der Waals surface area contributed by atoms with Gasteiger partial charge in [-0.25, -0.2) is 8.42 Å². The van der Waals surface area contributed by atoms with Gasteiger partial charge in [0, 0.05) is 30.8 Å². The largest absolute Gasteiger partial charge is 0.338 e. The molecule has 0 saturated heterocycles. The summed E-state index contributed by atoms with van der Waals surface area (Å²) in [5.41, 5.74) is 2.50. The number of benzene rings is 2. The summed E-state index contributed by atoms with van der Waals surface area (Å²) in [7, 11) is -2.27. The highest BCUT2D eigenvalue weighted by atomic mass is 32.2. The van der Waals surface area contributed by atoms with Crippen molar-refractivity contribution in [2.45, 2.75) is 30.7 Å². The highest BCUT2D eigenvalue weighted by molar-refractivity contribution is 7.89. The van der Waals surface area contributed by atoms with Gasteiger partial charge < -0.3 is 9.42 Å². The molecule has 0 N–H and O–H groups in total. The van der Waals surface area contributed by atoms with E-state index in [0.717, 1.165) is 29.7 Å². The van der Waals surface area contributed by atoms with E-state index in [-0.39, 0.29) is 29.2 Å². The molecule has 1 aliphatic heterocycles. The summed E-state index contributed by atoms with van der Waals surface area (Å²) in [6, 6.07) is 14.3. The maximum absolute atomic E-state index is 13.1. The predicted octanol–water partition coefficient (Wildman–Crippen LogP) is 2.86. The average Bonchev–Trinajstić information content (AvgIpc) is 3.38. The topological polar surface area (TPSA) is 96.6 Å². The monoisotopic (exact) mass is 438 g/mol. The molecular weight excluding hydrogens is 416 g/mol. The van der Waals surface area contributed by atoms with Crippen LogP contribution in [0.4, 0.5) is 5.69 Å². The predicted molar refractivity (Wildman–Crippen MR) is 114 cm³/mol. The lowest BCUT2D eigenvalue weighted by atomic mass is 10.2. The summed E-state index contributed by atoms with van der Waals surface area (Å²) < 4.78 is 32.7. The van der Waals surface area contributed by atoms with Crippen molar-refractivity contribution in [2.24, 2.45) is 5.92 Å². The molecule has 0 radical (unpaired) electrons. The zero-order chi connectivity index (χ0) is 21.6. The summed E-state index contributed by atoms with van der Waals surface area (Å²) in [5.74, 6) is 0.916. The summed E-state index contributed by atoms with van der Waals surface area (Å²) in [5, 5.41) is 3.94. The lowest BCUT2D eigenvalue weighted by molar-refractivity contribution is -0.119. The van der Waals surface area contributed by atoms with Gasteiger partial charge in [-0.2, -0.15) is 9.29 Å². The third kappa shape index (κ3) is 3.75. The Morgan fingerprint density at radius 3 is 2.71 bits per heavy atom. The van der Waals surface area contributed by atoms with Crippen LogP contribution in [0.3, 0.4) is 0 Å². The van der Waals surface area contributed by atoms with Crippen LogP contribution < -0.4 is 4.90 Å². The number of carbonyl (C=O) groups is 1. The van der Waals surface area contributed by atoms with E-state index in [1.54, 1.807) is 23.1 Å². The highest BCUT2D eigenvalue weighted by Crippen LogP contribution is 2.37. The van der Waals surface area contributed by atoms with Gasteiger partial charge in [0.1, 0.15) is 0 Å². The van der Waals surface area contributed by atoms with Crippen LogP contribution in [-0.2, 0) is 27.8 Å². The smallest absolute Gasteiger partial charge is 0.243 e. The van der Waals surface area contributed by atoms with Crippen molar-refractivity contribution in [1.82, 2.24) is 14.4 Å². The van der Waals surface area contributed by atoms with E-state index in [2.05, 4.69) is 10.1 Å². The van der Waals surface area contributed by atoms with Gasteiger partial charge in [0.25, 0.3) is 0 Å². The maximum atomic E-state index is 13.1. The molecule has 2 aliphatic rings. The lowest BCUT2D eigenvalue weighted by Crippen LogP contribution is -2.30. The molecule has 0 unspecified atom stereocenters. The second-order valence-corrected chi connectivity index (χ2v) is 9.99. The number of carbonyl (C=O) groups excluding carboxylic acids is 1. The van der Waals surface area contributed by atoms with E-state index in [9.17, 15) is 13.2 Å². The van der Waals surface area contributed by atoms with Crippen LogP contribution in [0.2, 0.25) is 0 Å². The van der Waals surface area contributed by atoms with Crippen LogP contribution in [0.5, 0.6) is 0 Å². The Kier molecular flexibility index (Phi) is 4.86. The van der Waals surface area contributed by atoms with E-state index in [1.165, 1.54) is 11.4 Å². The van der Waals surface area contributed by atoms with Crippen LogP contribution in [0.1, 0.15) is 24.3 Å². The number of hydrogen-bond acceptors (Lipinski definition) is 6. The molecule has 1 fully saturated rings. The van der Waals surface area contributed by atoms with Crippen LogP contribution >= 0.6 is 0 Å². The zero-order valence-electron chi connectivity index (χ0n) is 17.1. The molecule has 9 heteroatoms. The Hall–Kier alpha value is -3.04. The molecule has 5 rings (SSSR count). The Labute approximate surface area is 180 Å². The molecule has 31 heavy (non-hydrogen) atoms. The molecule has 1 saturated carbocycles. The highest BCUT2D eigenvalue weighted by Gasteiger charge is 2.37. The second kappa shape index (κ2) is 7.58. The standard InChI is InChI=1S/C22H22N4O4S/c1-25(14-20-23-21(24-30-20)15-5-3-2-4-6-15)31(28,29)18-9-10-19-17(13-18)11-12-26(19)22(27)16-7-8-16/h2-6,9-10,13,16H,7-8,11-12,14H2,1H3. The van der Waals surface area contributed by atoms with Crippen LogP contribution in [0.25, 0.3) is 11.4 Å². The van der Waals surface area contributed by atoms with Gasteiger partial charge >= 0.3 is 0 Å². The van der Waals surface area contributed by atoms with E-state index in [4.69, 9.17) is 4.52 Å². The van der Waals surface area contributed by atoms with Crippen LogP contribution in [0, 0.1) is 5.92 Å². The van der Waals surface area contributed by atoms with E-state index in [0.29, 0.717) is 18.8 Å². The van der Waals surface area contributed by atoms with Gasteiger partial charge in [-0.3, -0.25) is 4.79 Å². The van der Waals surface area contributed by atoms with Gasteiger partial charge in [-0.05, 0) is 43.0 Å². The molecule has 2 heterocycles. The minimum atomic E-state index is -3.75. The number of hydrogen-bond donors (Lipinski definition) is 0. The normalized spacial score (nSPS) is 16.0. The molecule has 3 aromatic rings. The third-order valence-corrected chi connectivity index (χ3v) is 7.50. The summed E-state index contributed by atoms with van der Waals surface area (Å²) in [6.45, 7) is 0.569. The summed E-state index contributed by atoms with van der Waals surface area (Å²) in [6.07, 6.45) is 2.55. The number of sulfonamides is 1. The first-order chi connectivity index (χ1) is 14.9. The maximum Gasteiger partial charge on any atom is 0.243 e. The quantitative estimate of drug-likeness (QED) is 0.587. The third-order valence-electron chi connectivity index (χ3n) is 5.71. The van der Waals surface area contributed by atoms with Gasteiger partial charge in [0.15, 0.2) is 0 Å². The van der Waals surface area contributed by atoms with Gasteiger partial charge in [0.2, 0.25) is 27.6 Å². The molecule has 0 bridgehead atoms. The Morgan fingerprint density at radius 2 is 1.97 bits per heavy atom. The number of nitrogens with zero attached hydrogens (tertiary/aromatic N) is 4. The SMILES string of the molecule is CN(Cc1nc(-c2ccccc2)no1)S(=O)(=O)c1ccc2c(c1)CCN2C(=O)C1CC1. The van der Waals surface area contributed by atoms with E-state index >= 15 is 0 Å². The molecule has 0 atom stereocenters. The van der Waals surface area contributed by atoms with Crippen molar-refractivity contribution in [3.63, 3.8) is 0 Å².